The lowest BCUT2D eigenvalue weighted by atomic mass is 9.81. The van der Waals surface area contributed by atoms with Gasteiger partial charge in [-0.15, -0.1) is 0 Å². The molecular formula is C29H25F4N5O5. The lowest BCUT2D eigenvalue weighted by Crippen LogP contribution is -2.52. The van der Waals surface area contributed by atoms with Gasteiger partial charge >= 0.3 is 6.18 Å². The van der Waals surface area contributed by atoms with Crippen molar-refractivity contribution in [2.24, 2.45) is 5.73 Å². The molecule has 4 aromatic rings. The van der Waals surface area contributed by atoms with Gasteiger partial charge in [-0.25, -0.2) is 14.4 Å². The van der Waals surface area contributed by atoms with Crippen molar-refractivity contribution in [3.8, 4) is 34.1 Å². The largest absolute Gasteiger partial charge is 0.496 e. The molecule has 3 heterocycles. The molecule has 0 bridgehead atoms. The van der Waals surface area contributed by atoms with Gasteiger partial charge in [0, 0.05) is 17.3 Å². The second-order valence-corrected chi connectivity index (χ2v) is 10.1. The third kappa shape index (κ3) is 5.14. The van der Waals surface area contributed by atoms with Gasteiger partial charge in [-0.2, -0.15) is 13.2 Å². The summed E-state index contributed by atoms with van der Waals surface area (Å²) >= 11 is 0. The van der Waals surface area contributed by atoms with Crippen molar-refractivity contribution in [1.29, 1.82) is 0 Å². The predicted molar refractivity (Wildman–Crippen MR) is 145 cm³/mol. The van der Waals surface area contributed by atoms with Crippen LogP contribution < -0.4 is 20.5 Å². The van der Waals surface area contributed by atoms with Gasteiger partial charge in [0.05, 0.1) is 24.9 Å². The summed E-state index contributed by atoms with van der Waals surface area (Å²) in [5.74, 6) is -1.88. The van der Waals surface area contributed by atoms with Crippen molar-refractivity contribution >= 4 is 11.8 Å². The number of benzene rings is 2. The molecule has 0 aliphatic carbocycles. The van der Waals surface area contributed by atoms with Crippen LogP contribution in [0.2, 0.25) is 0 Å². The summed E-state index contributed by atoms with van der Waals surface area (Å²) in [5, 5.41) is 13.2. The number of pyridine rings is 1. The number of fused-ring (bicyclic) bond motifs is 1. The molecule has 2 atom stereocenters. The van der Waals surface area contributed by atoms with Crippen molar-refractivity contribution in [3.63, 3.8) is 0 Å². The monoisotopic (exact) mass is 599 g/mol. The molecule has 0 unspecified atom stereocenters. The van der Waals surface area contributed by atoms with Crippen LogP contribution in [0.1, 0.15) is 28.7 Å². The van der Waals surface area contributed by atoms with Crippen LogP contribution in [0, 0.1) is 5.82 Å². The highest BCUT2D eigenvalue weighted by atomic mass is 19.4. The van der Waals surface area contributed by atoms with Crippen LogP contribution in [0.25, 0.3) is 22.6 Å². The fraction of sp³-hybridized carbons (Fsp3) is 0.241. The van der Waals surface area contributed by atoms with Gasteiger partial charge < -0.3 is 30.6 Å². The van der Waals surface area contributed by atoms with Crippen molar-refractivity contribution in [3.05, 3.63) is 83.6 Å². The molecule has 2 aromatic carbocycles. The first-order valence-corrected chi connectivity index (χ1v) is 12.8. The minimum Gasteiger partial charge on any atom is -0.496 e. The first kappa shape index (κ1) is 29.5. The average Bonchev–Trinajstić information content (AvgIpc) is 3.61. The normalized spacial score (nSPS) is 17.5. The summed E-state index contributed by atoms with van der Waals surface area (Å²) in [6.07, 6.45) is -4.17. The molecule has 43 heavy (non-hydrogen) atoms. The molecule has 0 saturated carbocycles. The van der Waals surface area contributed by atoms with Crippen LogP contribution >= 0.6 is 0 Å². The Kier molecular flexibility index (Phi) is 7.34. The van der Waals surface area contributed by atoms with E-state index in [-0.39, 0.29) is 40.7 Å². The number of imidazole rings is 1. The highest BCUT2D eigenvalue weighted by molar-refractivity contribution is 5.93. The molecule has 2 amide bonds. The van der Waals surface area contributed by atoms with E-state index in [0.717, 1.165) is 18.2 Å². The standard InChI is InChI=1S/C29H25F4N5O5/c1-27(26(34)40)14-43-23-18(27)11-21(38-22(23)15-7-9-16(30)10-8-15)28(41,29(31,32)33)13-36-25(39)19-12-35-24(37-19)17-5-3-4-6-20(17)42-2/h3-12,41H,13-14H2,1-2H3,(H2,34,40)(H,35,37)(H,36,39)/t27-,28-/m0/s1. The fourth-order valence-electron chi connectivity index (χ4n) is 4.65. The summed E-state index contributed by atoms with van der Waals surface area (Å²) in [4.78, 5) is 36.3. The quantitative estimate of drug-likeness (QED) is 0.226. The van der Waals surface area contributed by atoms with Crippen LogP contribution in [0.3, 0.4) is 0 Å². The Hall–Kier alpha value is -4.98. The number of nitrogens with two attached hydrogens (primary N) is 1. The number of carbonyl (C=O) groups excluding carboxylic acids is 2. The fourth-order valence-corrected chi connectivity index (χ4v) is 4.65. The third-order valence-electron chi connectivity index (χ3n) is 7.30. The average molecular weight is 600 g/mol. The van der Waals surface area contributed by atoms with Crippen LogP contribution in [-0.2, 0) is 15.8 Å². The number of carbonyl (C=O) groups is 2. The van der Waals surface area contributed by atoms with E-state index in [1.165, 1.54) is 32.4 Å². The molecule has 5 rings (SSSR count). The minimum absolute atomic E-state index is 0.0365. The van der Waals surface area contributed by atoms with E-state index in [9.17, 15) is 32.3 Å². The number of para-hydroxylation sites is 1. The number of amides is 2. The topological polar surface area (TPSA) is 152 Å². The maximum Gasteiger partial charge on any atom is 0.424 e. The van der Waals surface area contributed by atoms with Crippen molar-refractivity contribution in [2.45, 2.75) is 24.1 Å². The van der Waals surface area contributed by atoms with Crippen molar-refractivity contribution in [1.82, 2.24) is 20.3 Å². The first-order chi connectivity index (χ1) is 20.3. The zero-order valence-corrected chi connectivity index (χ0v) is 22.8. The van der Waals surface area contributed by atoms with Crippen LogP contribution in [0.5, 0.6) is 11.5 Å². The predicted octanol–water partition coefficient (Wildman–Crippen LogP) is 3.60. The Balaban J connectivity index is 1.53. The zero-order chi connectivity index (χ0) is 31.2. The lowest BCUT2D eigenvalue weighted by molar-refractivity contribution is -0.265. The number of aliphatic hydroxyl groups is 1. The minimum atomic E-state index is -5.36. The van der Waals surface area contributed by atoms with Crippen LogP contribution in [0.4, 0.5) is 17.6 Å². The molecule has 1 aliphatic rings. The highest BCUT2D eigenvalue weighted by Crippen LogP contribution is 2.47. The third-order valence-corrected chi connectivity index (χ3v) is 7.30. The van der Waals surface area contributed by atoms with Crippen LogP contribution in [-0.4, -0.2) is 58.3 Å². The van der Waals surface area contributed by atoms with E-state index in [1.54, 1.807) is 24.3 Å². The summed E-state index contributed by atoms with van der Waals surface area (Å²) in [6.45, 7) is -0.286. The van der Waals surface area contributed by atoms with E-state index in [2.05, 4.69) is 20.3 Å². The number of aromatic nitrogens is 3. The second kappa shape index (κ2) is 10.7. The summed E-state index contributed by atoms with van der Waals surface area (Å²) in [7, 11) is 1.44. The molecule has 224 valence electrons. The van der Waals surface area contributed by atoms with Gasteiger partial charge in [0.15, 0.2) is 0 Å². The van der Waals surface area contributed by atoms with Crippen molar-refractivity contribution < 1.29 is 41.7 Å². The molecular weight excluding hydrogens is 574 g/mol. The summed E-state index contributed by atoms with van der Waals surface area (Å²) in [6, 6.07) is 12.3. The Bertz CT molecular complexity index is 1710. The lowest BCUT2D eigenvalue weighted by Gasteiger charge is -2.31. The molecule has 0 saturated heterocycles. The van der Waals surface area contributed by atoms with E-state index in [1.807, 2.05) is 0 Å². The number of rotatable bonds is 8. The Morgan fingerprint density at radius 3 is 2.51 bits per heavy atom. The smallest absolute Gasteiger partial charge is 0.424 e. The van der Waals surface area contributed by atoms with Gasteiger partial charge in [0.2, 0.25) is 11.5 Å². The molecule has 14 heteroatoms. The van der Waals surface area contributed by atoms with Gasteiger partial charge in [0.25, 0.3) is 5.91 Å². The number of alkyl halides is 3. The number of primary amides is 1. The molecule has 0 spiro atoms. The number of H-pyrrole nitrogens is 1. The van der Waals surface area contributed by atoms with E-state index < -0.39 is 47.1 Å². The number of hydrogen-bond donors (Lipinski definition) is 4. The number of aromatic amines is 1. The SMILES string of the molecule is COc1ccccc1-c1nc(C(=O)NC[C@](O)(c2cc3c(c(-c4ccc(F)cc4)n2)OC[C@]3(C)C(N)=O)C(F)(F)F)c[nH]1. The number of hydrogen-bond acceptors (Lipinski definition) is 7. The highest BCUT2D eigenvalue weighted by Gasteiger charge is 2.57. The van der Waals surface area contributed by atoms with E-state index >= 15 is 0 Å². The molecule has 10 nitrogen and oxygen atoms in total. The number of methoxy groups -OCH3 is 1. The molecule has 2 aromatic heterocycles. The number of halogens is 4. The maximum absolute atomic E-state index is 14.6. The van der Waals surface area contributed by atoms with Crippen molar-refractivity contribution in [2.75, 3.05) is 20.3 Å². The first-order valence-electron chi connectivity index (χ1n) is 12.8. The van der Waals surface area contributed by atoms with Gasteiger partial charge in [-0.1, -0.05) is 12.1 Å². The van der Waals surface area contributed by atoms with Gasteiger partial charge in [0.1, 0.15) is 46.6 Å². The van der Waals surface area contributed by atoms with Crippen LogP contribution in [0.15, 0.2) is 60.8 Å². The maximum atomic E-state index is 14.6. The summed E-state index contributed by atoms with van der Waals surface area (Å²) in [5.41, 5.74) is -0.493. The number of nitrogens with zero attached hydrogens (tertiary/aromatic N) is 2. The molecule has 1 aliphatic heterocycles. The molecule has 5 N–H and O–H groups in total. The molecule has 0 fully saturated rings. The molecule has 0 radical (unpaired) electrons. The number of nitrogens with one attached hydrogen (secondary N) is 2. The summed E-state index contributed by atoms with van der Waals surface area (Å²) < 4.78 is 68.3. The zero-order valence-electron chi connectivity index (χ0n) is 22.8. The van der Waals surface area contributed by atoms with Gasteiger partial charge in [-0.3, -0.25) is 9.59 Å². The van der Waals surface area contributed by atoms with Gasteiger partial charge in [-0.05, 0) is 49.4 Å². The Labute approximate surface area is 241 Å². The van der Waals surface area contributed by atoms with E-state index in [4.69, 9.17) is 15.2 Å². The van der Waals surface area contributed by atoms with E-state index in [0.29, 0.717) is 11.3 Å². The Morgan fingerprint density at radius 2 is 1.86 bits per heavy atom. The Morgan fingerprint density at radius 1 is 1.16 bits per heavy atom. The second-order valence-electron chi connectivity index (χ2n) is 10.1. The number of ether oxygens (including phenoxy) is 2.